The lowest BCUT2D eigenvalue weighted by Gasteiger charge is -2.09. The molecule has 0 fully saturated rings. The highest BCUT2D eigenvalue weighted by molar-refractivity contribution is 6.08. The van der Waals surface area contributed by atoms with E-state index < -0.39 is 17.7 Å². The predicted molar refractivity (Wildman–Crippen MR) is 80.0 cm³/mol. The minimum Gasteiger partial charge on any atom is -0.481 e. The number of benzene rings is 1. The first-order valence-corrected chi connectivity index (χ1v) is 6.78. The van der Waals surface area contributed by atoms with E-state index >= 15 is 0 Å². The number of carboxylic acid groups (broad SMARTS) is 1. The third-order valence-corrected chi connectivity index (χ3v) is 3.57. The summed E-state index contributed by atoms with van der Waals surface area (Å²) in [5.74, 6) is -1.17. The largest absolute Gasteiger partial charge is 0.481 e. The maximum absolute atomic E-state index is 13.0. The predicted octanol–water partition coefficient (Wildman–Crippen LogP) is 3.96. The van der Waals surface area contributed by atoms with Gasteiger partial charge >= 0.3 is 12.1 Å². The molecule has 0 spiro atoms. The van der Waals surface area contributed by atoms with E-state index in [-0.39, 0.29) is 28.0 Å². The molecule has 0 saturated carbocycles. The van der Waals surface area contributed by atoms with Crippen LogP contribution in [0.3, 0.4) is 0 Å². The van der Waals surface area contributed by atoms with Crippen molar-refractivity contribution in [2.45, 2.75) is 6.18 Å². The van der Waals surface area contributed by atoms with Gasteiger partial charge in [0.15, 0.2) is 0 Å². The fourth-order valence-corrected chi connectivity index (χ4v) is 2.55. The Bertz CT molecular complexity index is 932. The number of fused-ring (bicyclic) bond motifs is 1. The molecule has 2 N–H and O–H groups in total. The maximum Gasteiger partial charge on any atom is 0.416 e. The first kappa shape index (κ1) is 15.9. The van der Waals surface area contributed by atoms with Gasteiger partial charge < -0.3 is 14.8 Å². The number of halogens is 3. The molecule has 0 saturated heterocycles. The number of nitrogens with one attached hydrogen (secondary N) is 1. The van der Waals surface area contributed by atoms with Gasteiger partial charge in [-0.1, -0.05) is 0 Å². The van der Waals surface area contributed by atoms with Gasteiger partial charge in [0.25, 0.3) is 0 Å². The Morgan fingerprint density at radius 2 is 2.04 bits per heavy atom. The summed E-state index contributed by atoms with van der Waals surface area (Å²) in [6, 6.07) is 6.11. The van der Waals surface area contributed by atoms with Gasteiger partial charge in [-0.3, -0.25) is 0 Å². The Hall–Kier alpha value is -3.03. The number of hydrogen-bond donors (Lipinski definition) is 2. The van der Waals surface area contributed by atoms with Crippen molar-refractivity contribution in [1.29, 1.82) is 0 Å². The summed E-state index contributed by atoms with van der Waals surface area (Å²) in [7, 11) is 1.35. The zero-order valence-electron chi connectivity index (χ0n) is 12.3. The molecule has 8 heteroatoms. The van der Waals surface area contributed by atoms with Gasteiger partial charge in [0, 0.05) is 28.2 Å². The molecule has 2 aromatic heterocycles. The van der Waals surface area contributed by atoms with Crippen molar-refractivity contribution in [3.63, 3.8) is 0 Å². The molecule has 2 heterocycles. The normalized spacial score (nSPS) is 11.7. The van der Waals surface area contributed by atoms with Crippen LogP contribution in [-0.4, -0.2) is 28.2 Å². The van der Waals surface area contributed by atoms with Crippen molar-refractivity contribution >= 4 is 16.9 Å². The fourth-order valence-electron chi connectivity index (χ4n) is 2.55. The van der Waals surface area contributed by atoms with Crippen molar-refractivity contribution in [1.82, 2.24) is 9.97 Å². The number of carbonyl (C=O) groups is 1. The molecular weight excluding hydrogens is 325 g/mol. The molecule has 3 rings (SSSR count). The smallest absolute Gasteiger partial charge is 0.416 e. The molecule has 0 radical (unpaired) electrons. The van der Waals surface area contributed by atoms with E-state index in [1.165, 1.54) is 19.4 Å². The highest BCUT2D eigenvalue weighted by Gasteiger charge is 2.32. The van der Waals surface area contributed by atoms with Crippen molar-refractivity contribution in [2.24, 2.45) is 0 Å². The van der Waals surface area contributed by atoms with Crippen LogP contribution < -0.4 is 4.74 Å². The second kappa shape index (κ2) is 5.55. The lowest BCUT2D eigenvalue weighted by molar-refractivity contribution is -0.137. The number of pyridine rings is 1. The zero-order chi connectivity index (χ0) is 17.5. The second-order valence-corrected chi connectivity index (χ2v) is 5.00. The van der Waals surface area contributed by atoms with E-state index in [1.807, 2.05) is 0 Å². The number of aromatic amines is 1. The molecular formula is C16H11F3N2O3. The number of aromatic carboxylic acids is 1. The van der Waals surface area contributed by atoms with E-state index in [1.54, 1.807) is 12.1 Å². The van der Waals surface area contributed by atoms with Gasteiger partial charge in [-0.05, 0) is 30.3 Å². The molecule has 0 aliphatic carbocycles. The second-order valence-electron chi connectivity index (χ2n) is 5.00. The van der Waals surface area contributed by atoms with Gasteiger partial charge in [-0.2, -0.15) is 13.2 Å². The molecule has 0 bridgehead atoms. The van der Waals surface area contributed by atoms with Gasteiger partial charge in [0.2, 0.25) is 5.88 Å². The summed E-state index contributed by atoms with van der Waals surface area (Å²) in [6.45, 7) is 0. The number of alkyl halides is 3. The van der Waals surface area contributed by atoms with Crippen LogP contribution in [0.2, 0.25) is 0 Å². The van der Waals surface area contributed by atoms with Gasteiger partial charge in [-0.25, -0.2) is 9.78 Å². The van der Waals surface area contributed by atoms with Crippen molar-refractivity contribution in [2.75, 3.05) is 7.11 Å². The number of ether oxygens (including phenoxy) is 1. The van der Waals surface area contributed by atoms with Crippen molar-refractivity contribution in [3.05, 3.63) is 47.8 Å². The lowest BCUT2D eigenvalue weighted by atomic mass is 10.0. The van der Waals surface area contributed by atoms with Crippen LogP contribution in [-0.2, 0) is 6.18 Å². The van der Waals surface area contributed by atoms with Crippen LogP contribution in [0, 0.1) is 0 Å². The number of aromatic nitrogens is 2. The van der Waals surface area contributed by atoms with Crippen LogP contribution in [0.5, 0.6) is 5.88 Å². The SMILES string of the molecule is COc1ncccc1-c1c(C(=O)O)[nH]c2ccc(C(F)(F)F)cc12. The highest BCUT2D eigenvalue weighted by atomic mass is 19.4. The lowest BCUT2D eigenvalue weighted by Crippen LogP contribution is -2.04. The van der Waals surface area contributed by atoms with E-state index in [0.29, 0.717) is 5.56 Å². The Morgan fingerprint density at radius 3 is 2.67 bits per heavy atom. The minimum atomic E-state index is -4.54. The van der Waals surface area contributed by atoms with E-state index in [2.05, 4.69) is 9.97 Å². The maximum atomic E-state index is 13.0. The molecule has 124 valence electrons. The number of methoxy groups -OCH3 is 1. The first-order chi connectivity index (χ1) is 11.3. The number of carboxylic acids is 1. The average molecular weight is 336 g/mol. The third-order valence-electron chi connectivity index (χ3n) is 3.57. The van der Waals surface area contributed by atoms with Crippen LogP contribution in [0.4, 0.5) is 13.2 Å². The Labute approximate surface area is 133 Å². The van der Waals surface area contributed by atoms with Gasteiger partial charge in [0.05, 0.1) is 12.7 Å². The van der Waals surface area contributed by atoms with Gasteiger partial charge in [0.1, 0.15) is 5.69 Å². The average Bonchev–Trinajstić information content (AvgIpc) is 2.92. The van der Waals surface area contributed by atoms with Crippen molar-refractivity contribution in [3.8, 4) is 17.0 Å². The van der Waals surface area contributed by atoms with E-state index in [4.69, 9.17) is 4.74 Å². The summed E-state index contributed by atoms with van der Waals surface area (Å²) >= 11 is 0. The topological polar surface area (TPSA) is 75.2 Å². The molecule has 0 amide bonds. The Balaban J connectivity index is 2.39. The quantitative estimate of drug-likeness (QED) is 0.759. The number of H-pyrrole nitrogens is 1. The van der Waals surface area contributed by atoms with Crippen molar-refractivity contribution < 1.29 is 27.8 Å². The number of hydrogen-bond acceptors (Lipinski definition) is 3. The van der Waals surface area contributed by atoms with Crippen LogP contribution >= 0.6 is 0 Å². The highest BCUT2D eigenvalue weighted by Crippen LogP contribution is 2.39. The summed E-state index contributed by atoms with van der Waals surface area (Å²) < 4.78 is 44.1. The summed E-state index contributed by atoms with van der Waals surface area (Å²) in [6.07, 6.45) is -3.09. The Morgan fingerprint density at radius 1 is 1.29 bits per heavy atom. The molecule has 1 aromatic carbocycles. The molecule has 0 atom stereocenters. The Kier molecular flexibility index (Phi) is 3.67. The molecule has 0 aliphatic heterocycles. The summed E-state index contributed by atoms with van der Waals surface area (Å²) in [5, 5.41) is 9.54. The zero-order valence-corrected chi connectivity index (χ0v) is 12.3. The fraction of sp³-hybridized carbons (Fsp3) is 0.125. The minimum absolute atomic E-state index is 0.105. The first-order valence-electron chi connectivity index (χ1n) is 6.78. The van der Waals surface area contributed by atoms with Crippen LogP contribution in [0.25, 0.3) is 22.0 Å². The summed E-state index contributed by atoms with van der Waals surface area (Å²) in [4.78, 5) is 18.2. The van der Waals surface area contributed by atoms with E-state index in [9.17, 15) is 23.1 Å². The molecule has 3 aromatic rings. The van der Waals surface area contributed by atoms with Crippen LogP contribution in [0.15, 0.2) is 36.5 Å². The number of nitrogens with zero attached hydrogens (tertiary/aromatic N) is 1. The molecule has 0 aliphatic rings. The molecule has 5 nitrogen and oxygen atoms in total. The van der Waals surface area contributed by atoms with E-state index in [0.717, 1.165) is 12.1 Å². The molecule has 24 heavy (non-hydrogen) atoms. The summed E-state index contributed by atoms with van der Waals surface area (Å²) in [5.41, 5.74) is -0.413. The van der Waals surface area contributed by atoms with Crippen LogP contribution in [0.1, 0.15) is 16.1 Å². The standard InChI is InChI=1S/C16H11F3N2O3/c1-24-14-9(3-2-6-20-14)12-10-7-8(16(17,18)19)4-5-11(10)21-13(12)15(22)23/h2-7,21H,1H3,(H,22,23). The monoisotopic (exact) mass is 336 g/mol. The molecule has 0 unspecified atom stereocenters. The van der Waals surface area contributed by atoms with Gasteiger partial charge in [-0.15, -0.1) is 0 Å². The number of rotatable bonds is 3. The third kappa shape index (κ3) is 2.55.